The van der Waals surface area contributed by atoms with Crippen molar-refractivity contribution in [2.75, 3.05) is 45.3 Å². The molecule has 2 saturated heterocycles. The van der Waals surface area contributed by atoms with Gasteiger partial charge < -0.3 is 14.8 Å². The summed E-state index contributed by atoms with van der Waals surface area (Å²) in [5.41, 5.74) is 5.00. The fourth-order valence-electron chi connectivity index (χ4n) is 5.44. The molecule has 2 aliphatic heterocycles. The molecule has 0 unspecified atom stereocenters. The number of methoxy groups -OCH3 is 1. The molecule has 1 N–H and O–H groups in total. The van der Waals surface area contributed by atoms with Gasteiger partial charge in [0.05, 0.1) is 60.3 Å². The second-order valence-electron chi connectivity index (χ2n) is 10.0. The van der Waals surface area contributed by atoms with Gasteiger partial charge in [-0.15, -0.1) is 5.10 Å². The first kappa shape index (κ1) is 25.4. The van der Waals surface area contributed by atoms with Crippen molar-refractivity contribution in [3.05, 3.63) is 59.6 Å². The Hall–Kier alpha value is -3.92. The minimum absolute atomic E-state index is 0.297. The van der Waals surface area contributed by atoms with E-state index in [0.29, 0.717) is 41.1 Å². The number of hydrogen-bond acceptors (Lipinski definition) is 9. The number of pyridine rings is 2. The summed E-state index contributed by atoms with van der Waals surface area (Å²) >= 11 is 0. The van der Waals surface area contributed by atoms with Gasteiger partial charge in [0.25, 0.3) is 0 Å². The van der Waals surface area contributed by atoms with Gasteiger partial charge in [0.2, 0.25) is 0 Å². The SMILES string of the molecule is CO[C@@H](CNc1cc(-c2nnn(C3CCN(C4COC4)CC3)c2C)cn2ncc(C#N)c12)c1ccc(F)cn1. The summed E-state index contributed by atoms with van der Waals surface area (Å²) in [4.78, 5) is 6.67. The van der Waals surface area contributed by atoms with Gasteiger partial charge in [0.15, 0.2) is 0 Å². The fourth-order valence-corrected chi connectivity index (χ4v) is 5.44. The minimum Gasteiger partial charge on any atom is -0.380 e. The van der Waals surface area contributed by atoms with Crippen molar-refractivity contribution in [2.45, 2.75) is 38.0 Å². The molecule has 2 aliphatic rings. The topological polar surface area (TPSA) is 118 Å². The number of nitrogens with zero attached hydrogens (tertiary/aromatic N) is 8. The van der Waals surface area contributed by atoms with Crippen LogP contribution in [-0.4, -0.2) is 80.5 Å². The van der Waals surface area contributed by atoms with Crippen LogP contribution in [0.5, 0.6) is 0 Å². The lowest BCUT2D eigenvalue weighted by Gasteiger charge is -2.41. The number of ether oxygens (including phenoxy) is 2. The molecule has 0 aliphatic carbocycles. The van der Waals surface area contributed by atoms with Gasteiger partial charge in [-0.2, -0.15) is 10.4 Å². The van der Waals surface area contributed by atoms with E-state index in [4.69, 9.17) is 9.47 Å². The van der Waals surface area contributed by atoms with Crippen molar-refractivity contribution in [1.29, 1.82) is 5.26 Å². The summed E-state index contributed by atoms with van der Waals surface area (Å²) < 4.78 is 28.1. The molecule has 0 spiro atoms. The number of hydrogen-bond donors (Lipinski definition) is 1. The van der Waals surface area contributed by atoms with E-state index in [9.17, 15) is 9.65 Å². The van der Waals surface area contributed by atoms with Crippen LogP contribution >= 0.6 is 0 Å². The second-order valence-corrected chi connectivity index (χ2v) is 10.0. The summed E-state index contributed by atoms with van der Waals surface area (Å²) in [5, 5.41) is 26.6. The largest absolute Gasteiger partial charge is 0.380 e. The normalized spacial score (nSPS) is 17.7. The summed E-state index contributed by atoms with van der Waals surface area (Å²) in [6.07, 6.45) is 6.20. The van der Waals surface area contributed by atoms with Gasteiger partial charge in [-0.25, -0.2) is 13.6 Å². The van der Waals surface area contributed by atoms with E-state index in [1.54, 1.807) is 23.9 Å². The van der Waals surface area contributed by atoms with E-state index in [1.807, 2.05) is 23.9 Å². The maximum absolute atomic E-state index is 13.4. The van der Waals surface area contributed by atoms with Gasteiger partial charge >= 0.3 is 0 Å². The number of nitriles is 1. The molecule has 12 heteroatoms. The van der Waals surface area contributed by atoms with E-state index in [0.717, 1.165) is 56.1 Å². The summed E-state index contributed by atoms with van der Waals surface area (Å²) in [5.74, 6) is -0.407. The lowest BCUT2D eigenvalue weighted by Crippen LogP contribution is -2.52. The van der Waals surface area contributed by atoms with E-state index in [2.05, 4.69) is 36.7 Å². The van der Waals surface area contributed by atoms with Crippen LogP contribution in [0.4, 0.5) is 10.1 Å². The molecular formula is C27H30FN9O2. The third-order valence-electron chi connectivity index (χ3n) is 7.76. The lowest BCUT2D eigenvalue weighted by molar-refractivity contribution is -0.0735. The minimum atomic E-state index is -0.428. The highest BCUT2D eigenvalue weighted by molar-refractivity contribution is 5.82. The highest BCUT2D eigenvalue weighted by atomic mass is 19.1. The molecule has 6 rings (SSSR count). The number of piperidine rings is 1. The van der Waals surface area contributed by atoms with Gasteiger partial charge in [0.1, 0.15) is 29.2 Å². The summed E-state index contributed by atoms with van der Waals surface area (Å²) in [6, 6.07) is 7.99. The zero-order chi connectivity index (χ0) is 26.9. The Balaban J connectivity index is 1.27. The number of halogens is 1. The Morgan fingerprint density at radius 3 is 2.72 bits per heavy atom. The number of fused-ring (bicyclic) bond motifs is 1. The molecule has 0 amide bonds. The van der Waals surface area contributed by atoms with Crippen molar-refractivity contribution < 1.29 is 13.9 Å². The van der Waals surface area contributed by atoms with Crippen LogP contribution in [0.3, 0.4) is 0 Å². The molecular weight excluding hydrogens is 501 g/mol. The number of likely N-dealkylation sites (tertiary alicyclic amines) is 1. The van der Waals surface area contributed by atoms with Crippen molar-refractivity contribution in [3.63, 3.8) is 0 Å². The van der Waals surface area contributed by atoms with E-state index >= 15 is 0 Å². The fraction of sp³-hybridized carbons (Fsp3) is 0.444. The van der Waals surface area contributed by atoms with Crippen LogP contribution in [0.1, 0.15) is 41.9 Å². The van der Waals surface area contributed by atoms with Crippen LogP contribution < -0.4 is 5.32 Å². The number of anilines is 1. The molecule has 11 nitrogen and oxygen atoms in total. The third-order valence-corrected chi connectivity index (χ3v) is 7.76. The molecule has 4 aromatic heterocycles. The Labute approximate surface area is 225 Å². The quantitative estimate of drug-likeness (QED) is 0.366. The van der Waals surface area contributed by atoms with Crippen LogP contribution in [0.25, 0.3) is 16.8 Å². The molecule has 6 heterocycles. The lowest BCUT2D eigenvalue weighted by atomic mass is 10.0. The Kier molecular flexibility index (Phi) is 6.95. The van der Waals surface area contributed by atoms with Crippen LogP contribution in [0, 0.1) is 24.1 Å². The van der Waals surface area contributed by atoms with Crippen molar-refractivity contribution in [3.8, 4) is 17.3 Å². The summed E-state index contributed by atoms with van der Waals surface area (Å²) in [6.45, 7) is 6.12. The average Bonchev–Trinajstić information content (AvgIpc) is 3.52. The molecule has 0 radical (unpaired) electrons. The molecule has 0 aromatic carbocycles. The first-order valence-electron chi connectivity index (χ1n) is 13.1. The Morgan fingerprint density at radius 1 is 1.23 bits per heavy atom. The van der Waals surface area contributed by atoms with E-state index in [-0.39, 0.29) is 0 Å². The predicted octanol–water partition coefficient (Wildman–Crippen LogP) is 3.14. The zero-order valence-electron chi connectivity index (χ0n) is 21.9. The van der Waals surface area contributed by atoms with Gasteiger partial charge in [-0.3, -0.25) is 9.88 Å². The molecule has 39 heavy (non-hydrogen) atoms. The molecule has 1 atom stereocenters. The van der Waals surface area contributed by atoms with Crippen molar-refractivity contribution in [2.24, 2.45) is 0 Å². The monoisotopic (exact) mass is 531 g/mol. The highest BCUT2D eigenvalue weighted by Gasteiger charge is 2.31. The maximum Gasteiger partial charge on any atom is 0.141 e. The van der Waals surface area contributed by atoms with Gasteiger partial charge in [-0.05, 0) is 38.0 Å². The Bertz CT molecular complexity index is 1500. The van der Waals surface area contributed by atoms with Gasteiger partial charge in [0, 0.05) is 38.5 Å². The van der Waals surface area contributed by atoms with Crippen LogP contribution in [0.2, 0.25) is 0 Å². The van der Waals surface area contributed by atoms with Crippen LogP contribution in [0.15, 0.2) is 36.8 Å². The average molecular weight is 532 g/mol. The number of aromatic nitrogens is 6. The Morgan fingerprint density at radius 2 is 2.05 bits per heavy atom. The smallest absolute Gasteiger partial charge is 0.141 e. The first-order chi connectivity index (χ1) is 19.1. The van der Waals surface area contributed by atoms with Crippen molar-refractivity contribution >= 4 is 11.2 Å². The van der Waals surface area contributed by atoms with E-state index < -0.39 is 11.9 Å². The highest BCUT2D eigenvalue weighted by Crippen LogP contribution is 2.32. The maximum atomic E-state index is 13.4. The number of rotatable bonds is 8. The van der Waals surface area contributed by atoms with Gasteiger partial charge in [-0.1, -0.05) is 5.21 Å². The second kappa shape index (κ2) is 10.7. The molecule has 0 saturated carbocycles. The van der Waals surface area contributed by atoms with Crippen LogP contribution in [-0.2, 0) is 9.47 Å². The van der Waals surface area contributed by atoms with E-state index in [1.165, 1.54) is 12.3 Å². The molecule has 202 valence electrons. The first-order valence-corrected chi connectivity index (χ1v) is 13.1. The van der Waals surface area contributed by atoms with Crippen molar-refractivity contribution in [1.82, 2.24) is 34.5 Å². The molecule has 4 aromatic rings. The zero-order valence-corrected chi connectivity index (χ0v) is 21.9. The number of nitrogens with one attached hydrogen (secondary N) is 1. The standard InChI is InChI=1S/C27H30FN9O2/c1-17-26(33-34-37(17)21-5-7-35(8-6-21)22-15-39-16-22)18-9-24(27-19(10-29)11-32-36(27)14-18)31-13-25(38-2)23-4-3-20(28)12-30-23/h3-4,9,11-12,14,21-22,25,31H,5-8,13,15-16H2,1-2H3/t25-/m0/s1. The molecule has 0 bridgehead atoms. The predicted molar refractivity (Wildman–Crippen MR) is 141 cm³/mol. The third kappa shape index (κ3) is 4.85. The molecule has 2 fully saturated rings. The summed E-state index contributed by atoms with van der Waals surface area (Å²) in [7, 11) is 1.58.